The quantitative estimate of drug-likeness (QED) is 0.692. The number of H-pyrrole nitrogens is 1. The van der Waals surface area contributed by atoms with Gasteiger partial charge in [-0.05, 0) is 25.7 Å². The summed E-state index contributed by atoms with van der Waals surface area (Å²) in [6, 6.07) is 10.3. The fourth-order valence-electron chi connectivity index (χ4n) is 3.07. The molecule has 1 aliphatic carbocycles. The van der Waals surface area contributed by atoms with Gasteiger partial charge in [0.25, 0.3) is 0 Å². The third kappa shape index (κ3) is 2.90. The van der Waals surface area contributed by atoms with Crippen molar-refractivity contribution in [2.45, 2.75) is 37.8 Å². The van der Waals surface area contributed by atoms with Crippen LogP contribution in [-0.4, -0.2) is 37.4 Å². The lowest BCUT2D eigenvalue weighted by molar-refractivity contribution is 0.126. The second-order valence-electron chi connectivity index (χ2n) is 6.04. The Morgan fingerprint density at radius 3 is 2.61 bits per heavy atom. The van der Waals surface area contributed by atoms with Crippen molar-refractivity contribution in [2.24, 2.45) is 0 Å². The molecule has 0 aliphatic heterocycles. The van der Waals surface area contributed by atoms with E-state index in [2.05, 4.69) is 20.5 Å². The van der Waals surface area contributed by atoms with E-state index in [0.717, 1.165) is 48.1 Å². The minimum absolute atomic E-state index is 0.160. The number of anilines is 1. The molecule has 118 valence electrons. The summed E-state index contributed by atoms with van der Waals surface area (Å²) in [5, 5.41) is 21.1. The van der Waals surface area contributed by atoms with Crippen molar-refractivity contribution >= 4 is 16.9 Å². The maximum atomic E-state index is 9.66. The van der Waals surface area contributed by atoms with Crippen LogP contribution in [0.15, 0.2) is 36.5 Å². The average Bonchev–Trinajstić information content (AvgIpc) is 3.06. The first kappa shape index (κ1) is 14.1. The lowest BCUT2D eigenvalue weighted by Crippen LogP contribution is -2.28. The fourth-order valence-corrected chi connectivity index (χ4v) is 3.07. The summed E-state index contributed by atoms with van der Waals surface area (Å²) < 4.78 is 0. The zero-order chi connectivity index (χ0) is 15.6. The molecule has 1 saturated carbocycles. The number of aliphatic hydroxyl groups is 1. The minimum atomic E-state index is -0.160. The summed E-state index contributed by atoms with van der Waals surface area (Å²) >= 11 is 0. The third-order valence-corrected chi connectivity index (χ3v) is 4.38. The van der Waals surface area contributed by atoms with Gasteiger partial charge in [0.2, 0.25) is 0 Å². The molecule has 4 rings (SSSR count). The molecule has 3 aromatic rings. The highest BCUT2D eigenvalue weighted by Crippen LogP contribution is 2.27. The number of rotatable bonds is 3. The predicted octanol–water partition coefficient (Wildman–Crippen LogP) is 2.74. The van der Waals surface area contributed by atoms with Gasteiger partial charge in [-0.3, -0.25) is 5.10 Å². The van der Waals surface area contributed by atoms with Crippen molar-refractivity contribution in [3.63, 3.8) is 0 Å². The predicted molar refractivity (Wildman–Crippen MR) is 89.0 cm³/mol. The Balaban J connectivity index is 1.69. The van der Waals surface area contributed by atoms with Crippen molar-refractivity contribution in [1.29, 1.82) is 0 Å². The van der Waals surface area contributed by atoms with Gasteiger partial charge in [0.1, 0.15) is 5.82 Å². The summed E-state index contributed by atoms with van der Waals surface area (Å²) in [6.07, 6.45) is 5.17. The first-order valence-electron chi connectivity index (χ1n) is 8.01. The van der Waals surface area contributed by atoms with E-state index < -0.39 is 0 Å². The molecule has 0 radical (unpaired) electrons. The summed E-state index contributed by atoms with van der Waals surface area (Å²) in [5.41, 5.74) is 1.71. The molecular formula is C17H19N5O. The zero-order valence-electron chi connectivity index (χ0n) is 12.7. The fraction of sp³-hybridized carbons (Fsp3) is 0.353. The molecule has 0 spiro atoms. The van der Waals surface area contributed by atoms with E-state index in [-0.39, 0.29) is 6.10 Å². The van der Waals surface area contributed by atoms with Gasteiger partial charge in [-0.15, -0.1) is 0 Å². The number of hydrogen-bond donors (Lipinski definition) is 3. The van der Waals surface area contributed by atoms with Gasteiger partial charge in [0.05, 0.1) is 17.7 Å². The Hall–Kier alpha value is -2.47. The van der Waals surface area contributed by atoms with Crippen LogP contribution in [0.4, 0.5) is 5.82 Å². The monoisotopic (exact) mass is 309 g/mol. The van der Waals surface area contributed by atoms with Crippen molar-refractivity contribution in [3.05, 3.63) is 36.5 Å². The van der Waals surface area contributed by atoms with Crippen molar-refractivity contribution in [2.75, 3.05) is 5.32 Å². The highest BCUT2D eigenvalue weighted by molar-refractivity contribution is 5.87. The Labute approximate surface area is 134 Å². The lowest BCUT2D eigenvalue weighted by atomic mass is 9.93. The van der Waals surface area contributed by atoms with Gasteiger partial charge < -0.3 is 10.4 Å². The smallest absolute Gasteiger partial charge is 0.163 e. The molecule has 1 aliphatic rings. The molecule has 0 unspecified atom stereocenters. The molecule has 0 atom stereocenters. The van der Waals surface area contributed by atoms with Crippen molar-refractivity contribution in [3.8, 4) is 11.4 Å². The molecule has 6 nitrogen and oxygen atoms in total. The number of aromatic amines is 1. The first-order chi connectivity index (χ1) is 11.3. The number of aromatic nitrogens is 4. The van der Waals surface area contributed by atoms with Crippen LogP contribution in [0.5, 0.6) is 0 Å². The number of nitrogens with one attached hydrogen (secondary N) is 2. The SMILES string of the molecule is OC1CCC(Nc2nc(-c3ccccc3)nc3[nH]ncc23)CC1. The first-order valence-corrected chi connectivity index (χ1v) is 8.01. The molecule has 2 aromatic heterocycles. The van der Waals surface area contributed by atoms with E-state index in [1.807, 2.05) is 30.3 Å². The van der Waals surface area contributed by atoms with Gasteiger partial charge in [0.15, 0.2) is 11.5 Å². The Morgan fingerprint density at radius 2 is 1.83 bits per heavy atom. The van der Waals surface area contributed by atoms with Crippen LogP contribution in [-0.2, 0) is 0 Å². The maximum absolute atomic E-state index is 9.66. The van der Waals surface area contributed by atoms with Crippen LogP contribution in [0.25, 0.3) is 22.4 Å². The van der Waals surface area contributed by atoms with E-state index in [0.29, 0.717) is 11.9 Å². The minimum Gasteiger partial charge on any atom is -0.393 e. The van der Waals surface area contributed by atoms with Crippen molar-refractivity contribution in [1.82, 2.24) is 20.2 Å². The molecule has 0 bridgehead atoms. The third-order valence-electron chi connectivity index (χ3n) is 4.38. The number of hydrogen-bond acceptors (Lipinski definition) is 5. The topological polar surface area (TPSA) is 86.7 Å². The van der Waals surface area contributed by atoms with Crippen LogP contribution in [0, 0.1) is 0 Å². The van der Waals surface area contributed by atoms with Crippen LogP contribution in [0.1, 0.15) is 25.7 Å². The molecule has 1 fully saturated rings. The van der Waals surface area contributed by atoms with Crippen LogP contribution >= 0.6 is 0 Å². The van der Waals surface area contributed by atoms with E-state index in [1.165, 1.54) is 0 Å². The van der Waals surface area contributed by atoms with E-state index in [1.54, 1.807) is 6.20 Å². The highest BCUT2D eigenvalue weighted by Gasteiger charge is 2.21. The van der Waals surface area contributed by atoms with Gasteiger partial charge in [-0.1, -0.05) is 30.3 Å². The van der Waals surface area contributed by atoms with Gasteiger partial charge in [0, 0.05) is 11.6 Å². The Bertz CT molecular complexity index is 793. The van der Waals surface area contributed by atoms with Gasteiger partial charge in [-0.2, -0.15) is 5.10 Å². The average molecular weight is 309 g/mol. The van der Waals surface area contributed by atoms with E-state index in [9.17, 15) is 5.11 Å². The summed E-state index contributed by atoms with van der Waals surface area (Å²) in [6.45, 7) is 0. The molecule has 6 heteroatoms. The maximum Gasteiger partial charge on any atom is 0.163 e. The van der Waals surface area contributed by atoms with Gasteiger partial charge >= 0.3 is 0 Å². The van der Waals surface area contributed by atoms with Crippen LogP contribution in [0.2, 0.25) is 0 Å². The Morgan fingerprint density at radius 1 is 1.04 bits per heavy atom. The second kappa shape index (κ2) is 5.96. The van der Waals surface area contributed by atoms with Crippen LogP contribution < -0.4 is 5.32 Å². The largest absolute Gasteiger partial charge is 0.393 e. The standard InChI is InChI=1S/C17H19N5O/c23-13-8-6-12(7-9-13)19-16-14-10-18-22-17(14)21-15(20-16)11-4-2-1-3-5-11/h1-5,10,12-13,23H,6-9H2,(H2,18,19,20,21,22). The summed E-state index contributed by atoms with van der Waals surface area (Å²) in [4.78, 5) is 9.27. The second-order valence-corrected chi connectivity index (χ2v) is 6.04. The number of benzene rings is 1. The lowest BCUT2D eigenvalue weighted by Gasteiger charge is -2.26. The summed E-state index contributed by atoms with van der Waals surface area (Å²) in [5.74, 6) is 1.49. The molecule has 0 saturated heterocycles. The van der Waals surface area contributed by atoms with Crippen LogP contribution in [0.3, 0.4) is 0 Å². The zero-order valence-corrected chi connectivity index (χ0v) is 12.7. The number of aliphatic hydroxyl groups excluding tert-OH is 1. The highest BCUT2D eigenvalue weighted by atomic mass is 16.3. The van der Waals surface area contributed by atoms with Crippen molar-refractivity contribution < 1.29 is 5.11 Å². The molecule has 2 heterocycles. The molecule has 3 N–H and O–H groups in total. The van der Waals surface area contributed by atoms with E-state index >= 15 is 0 Å². The number of nitrogens with zero attached hydrogens (tertiary/aromatic N) is 3. The molecule has 23 heavy (non-hydrogen) atoms. The summed E-state index contributed by atoms with van der Waals surface area (Å²) in [7, 11) is 0. The molecule has 1 aromatic carbocycles. The number of fused-ring (bicyclic) bond motifs is 1. The Kier molecular flexibility index (Phi) is 3.67. The van der Waals surface area contributed by atoms with E-state index in [4.69, 9.17) is 4.98 Å². The van der Waals surface area contributed by atoms with Gasteiger partial charge in [-0.25, -0.2) is 9.97 Å². The molecule has 0 amide bonds. The molecular weight excluding hydrogens is 290 g/mol. The normalized spacial score (nSPS) is 21.4.